The lowest BCUT2D eigenvalue weighted by atomic mass is 9.71. The molecule has 0 spiro atoms. The summed E-state index contributed by atoms with van der Waals surface area (Å²) in [6.07, 6.45) is 6.28. The zero-order valence-electron chi connectivity index (χ0n) is 10.5. The van der Waals surface area contributed by atoms with Crippen molar-refractivity contribution in [2.75, 3.05) is 0 Å². The maximum atomic E-state index is 10.7. The predicted molar refractivity (Wildman–Crippen MR) is 62.6 cm³/mol. The number of rotatable bonds is 3. The summed E-state index contributed by atoms with van der Waals surface area (Å²) in [7, 11) is 0. The highest BCUT2D eigenvalue weighted by Gasteiger charge is 2.61. The van der Waals surface area contributed by atoms with Crippen molar-refractivity contribution < 1.29 is 4.79 Å². The van der Waals surface area contributed by atoms with E-state index in [1.807, 2.05) is 0 Å². The largest absolute Gasteiger partial charge is 0.303 e. The van der Waals surface area contributed by atoms with Gasteiger partial charge >= 0.3 is 0 Å². The summed E-state index contributed by atoms with van der Waals surface area (Å²) in [6.45, 7) is 9.27. The van der Waals surface area contributed by atoms with Crippen molar-refractivity contribution in [3.8, 4) is 0 Å². The van der Waals surface area contributed by atoms with Crippen LogP contribution in [0.4, 0.5) is 0 Å². The smallest absolute Gasteiger partial charge is 0.122 e. The zero-order valence-corrected chi connectivity index (χ0v) is 10.5. The van der Waals surface area contributed by atoms with Crippen molar-refractivity contribution in [2.24, 2.45) is 28.6 Å². The van der Waals surface area contributed by atoms with E-state index in [4.69, 9.17) is 0 Å². The average molecular weight is 208 g/mol. The lowest BCUT2D eigenvalue weighted by molar-refractivity contribution is -0.111. The van der Waals surface area contributed by atoms with Gasteiger partial charge in [-0.25, -0.2) is 0 Å². The summed E-state index contributed by atoms with van der Waals surface area (Å²) in [6, 6.07) is 0. The highest BCUT2D eigenvalue weighted by atomic mass is 16.1. The van der Waals surface area contributed by atoms with E-state index >= 15 is 0 Å². The first kappa shape index (κ1) is 11.2. The van der Waals surface area contributed by atoms with Gasteiger partial charge in [0.25, 0.3) is 0 Å². The average Bonchev–Trinajstić information content (AvgIpc) is 2.67. The minimum absolute atomic E-state index is 0.244. The molecule has 2 rings (SSSR count). The maximum Gasteiger partial charge on any atom is 0.122 e. The van der Waals surface area contributed by atoms with Crippen LogP contribution in [0.1, 0.15) is 53.4 Å². The summed E-state index contributed by atoms with van der Waals surface area (Å²) in [5.41, 5.74) is 1.04. The van der Waals surface area contributed by atoms with Crippen LogP contribution >= 0.6 is 0 Å². The lowest BCUT2D eigenvalue weighted by Crippen LogP contribution is -2.24. The monoisotopic (exact) mass is 208 g/mol. The van der Waals surface area contributed by atoms with E-state index in [0.717, 1.165) is 24.5 Å². The highest BCUT2D eigenvalue weighted by Crippen LogP contribution is 2.68. The Bertz CT molecular complexity index is 269. The Morgan fingerprint density at radius 1 is 1.33 bits per heavy atom. The molecule has 0 aromatic heterocycles. The van der Waals surface area contributed by atoms with Gasteiger partial charge in [-0.3, -0.25) is 0 Å². The molecular weight excluding hydrogens is 184 g/mol. The minimum Gasteiger partial charge on any atom is -0.303 e. The van der Waals surface area contributed by atoms with Gasteiger partial charge in [-0.1, -0.05) is 27.7 Å². The molecule has 0 bridgehead atoms. The van der Waals surface area contributed by atoms with Gasteiger partial charge in [0.2, 0.25) is 0 Å². The van der Waals surface area contributed by atoms with Gasteiger partial charge in [0.1, 0.15) is 6.29 Å². The molecule has 0 aromatic rings. The zero-order chi connectivity index (χ0) is 11.3. The van der Waals surface area contributed by atoms with Gasteiger partial charge in [0, 0.05) is 5.92 Å². The molecule has 15 heavy (non-hydrogen) atoms. The van der Waals surface area contributed by atoms with Crippen molar-refractivity contribution in [3.05, 3.63) is 0 Å². The third-order valence-corrected chi connectivity index (χ3v) is 5.11. The number of carbonyl (C=O) groups excluding carboxylic acids is 1. The molecule has 2 aliphatic carbocycles. The molecule has 4 atom stereocenters. The summed E-state index contributed by atoms with van der Waals surface area (Å²) >= 11 is 0. The molecule has 2 saturated carbocycles. The molecular formula is C14H24O. The first-order valence-electron chi connectivity index (χ1n) is 6.34. The molecule has 0 saturated heterocycles. The molecule has 2 fully saturated rings. The second-order valence-corrected chi connectivity index (χ2v) is 6.91. The molecule has 0 N–H and O–H groups in total. The third kappa shape index (κ3) is 1.86. The Balaban J connectivity index is 1.98. The van der Waals surface area contributed by atoms with Gasteiger partial charge in [-0.2, -0.15) is 0 Å². The summed E-state index contributed by atoms with van der Waals surface area (Å²) in [5.74, 6) is 2.17. The van der Waals surface area contributed by atoms with Gasteiger partial charge in [-0.05, 0) is 48.3 Å². The van der Waals surface area contributed by atoms with Crippen LogP contribution in [0.2, 0.25) is 0 Å². The standard InChI is InChI=1S/C14H24O/c1-10(9-15)7-14(4)6-5-11-12(8-14)13(11,2)3/h9-12H,5-8H2,1-4H3. The molecule has 1 nitrogen and oxygen atoms in total. The quantitative estimate of drug-likeness (QED) is 0.647. The van der Waals surface area contributed by atoms with E-state index in [2.05, 4.69) is 27.7 Å². The van der Waals surface area contributed by atoms with E-state index in [0.29, 0.717) is 10.8 Å². The topological polar surface area (TPSA) is 17.1 Å². The highest BCUT2D eigenvalue weighted by molar-refractivity contribution is 5.52. The van der Waals surface area contributed by atoms with Gasteiger partial charge in [0.05, 0.1) is 0 Å². The SMILES string of the molecule is CC(C=O)CC1(C)CCC2C(C1)C2(C)C. The van der Waals surface area contributed by atoms with E-state index in [1.54, 1.807) is 0 Å². The molecule has 0 heterocycles. The van der Waals surface area contributed by atoms with Crippen molar-refractivity contribution >= 4 is 6.29 Å². The van der Waals surface area contributed by atoms with Gasteiger partial charge in [0.15, 0.2) is 0 Å². The maximum absolute atomic E-state index is 10.7. The van der Waals surface area contributed by atoms with E-state index < -0.39 is 0 Å². The molecule has 2 aliphatic rings. The number of aldehydes is 1. The molecule has 0 amide bonds. The summed E-state index contributed by atoms with van der Waals surface area (Å²) < 4.78 is 0. The summed E-state index contributed by atoms with van der Waals surface area (Å²) in [4.78, 5) is 10.7. The van der Waals surface area contributed by atoms with Crippen LogP contribution in [0, 0.1) is 28.6 Å². The van der Waals surface area contributed by atoms with Crippen LogP contribution in [0.5, 0.6) is 0 Å². The van der Waals surface area contributed by atoms with Crippen molar-refractivity contribution in [1.82, 2.24) is 0 Å². The number of fused-ring (bicyclic) bond motifs is 1. The van der Waals surface area contributed by atoms with Gasteiger partial charge < -0.3 is 4.79 Å². The third-order valence-electron chi connectivity index (χ3n) is 5.11. The Hall–Kier alpha value is -0.330. The fourth-order valence-electron chi connectivity index (χ4n) is 3.98. The van der Waals surface area contributed by atoms with Crippen LogP contribution in [-0.4, -0.2) is 6.29 Å². The number of hydrogen-bond acceptors (Lipinski definition) is 1. The van der Waals surface area contributed by atoms with Crippen LogP contribution in [0.25, 0.3) is 0 Å². The Morgan fingerprint density at radius 2 is 2.00 bits per heavy atom. The van der Waals surface area contributed by atoms with Crippen LogP contribution in [0.15, 0.2) is 0 Å². The molecule has 0 aliphatic heterocycles. The predicted octanol–water partition coefficient (Wildman–Crippen LogP) is 3.67. The fraction of sp³-hybridized carbons (Fsp3) is 0.929. The number of carbonyl (C=O) groups is 1. The van der Waals surface area contributed by atoms with Crippen LogP contribution in [-0.2, 0) is 4.79 Å². The van der Waals surface area contributed by atoms with Gasteiger partial charge in [-0.15, -0.1) is 0 Å². The van der Waals surface area contributed by atoms with E-state index in [-0.39, 0.29) is 5.92 Å². The lowest BCUT2D eigenvalue weighted by Gasteiger charge is -2.34. The van der Waals surface area contributed by atoms with E-state index in [1.165, 1.54) is 19.3 Å². The van der Waals surface area contributed by atoms with Crippen molar-refractivity contribution in [2.45, 2.75) is 53.4 Å². The van der Waals surface area contributed by atoms with E-state index in [9.17, 15) is 4.79 Å². The summed E-state index contributed by atoms with van der Waals surface area (Å²) in [5, 5.41) is 0. The fourth-order valence-corrected chi connectivity index (χ4v) is 3.98. The Morgan fingerprint density at radius 3 is 2.53 bits per heavy atom. The van der Waals surface area contributed by atoms with Crippen molar-refractivity contribution in [1.29, 1.82) is 0 Å². The Labute approximate surface area is 93.6 Å². The first-order chi connectivity index (χ1) is 6.89. The normalized spacial score (nSPS) is 44.3. The first-order valence-corrected chi connectivity index (χ1v) is 6.34. The molecule has 86 valence electrons. The molecule has 0 aromatic carbocycles. The second kappa shape index (κ2) is 3.33. The molecule has 0 radical (unpaired) electrons. The van der Waals surface area contributed by atoms with Crippen LogP contribution in [0.3, 0.4) is 0 Å². The van der Waals surface area contributed by atoms with Crippen molar-refractivity contribution in [3.63, 3.8) is 0 Å². The van der Waals surface area contributed by atoms with Crippen LogP contribution < -0.4 is 0 Å². The molecule has 1 heteroatoms. The minimum atomic E-state index is 0.244. The Kier molecular flexibility index (Phi) is 2.48. The second-order valence-electron chi connectivity index (χ2n) is 6.91. The number of hydrogen-bond donors (Lipinski definition) is 0. The molecule has 4 unspecified atom stereocenters.